The second-order valence-electron chi connectivity index (χ2n) is 3.02. The summed E-state index contributed by atoms with van der Waals surface area (Å²) >= 11 is 3.15. The van der Waals surface area contributed by atoms with E-state index in [0.29, 0.717) is 17.8 Å². The molecule has 0 fully saturated rings. The second kappa shape index (κ2) is 5.70. The minimum absolute atomic E-state index is 0.243. The van der Waals surface area contributed by atoms with E-state index in [2.05, 4.69) is 20.7 Å². The zero-order chi connectivity index (χ0) is 12.2. The van der Waals surface area contributed by atoms with Crippen LogP contribution in [0, 0.1) is 11.6 Å². The summed E-state index contributed by atoms with van der Waals surface area (Å²) in [5.41, 5.74) is 0. The number of benzene rings is 1. The lowest BCUT2D eigenvalue weighted by molar-refractivity contribution is 0.504. The standard InChI is InChI=1S/C9H10BrF2NO2S/c10-4-1-5-13-16(14,15)7-2-3-8(11)9(12)6-7/h2-3,6,13H,1,4-5H2. The second-order valence-corrected chi connectivity index (χ2v) is 5.58. The predicted molar refractivity (Wildman–Crippen MR) is 60.0 cm³/mol. The average molecular weight is 314 g/mol. The SMILES string of the molecule is O=S(=O)(NCCCBr)c1ccc(F)c(F)c1. The Morgan fingerprint density at radius 2 is 1.94 bits per heavy atom. The van der Waals surface area contributed by atoms with Crippen LogP contribution in [0.3, 0.4) is 0 Å². The summed E-state index contributed by atoms with van der Waals surface area (Å²) in [6.07, 6.45) is 0.614. The van der Waals surface area contributed by atoms with Crippen LogP contribution in [0.15, 0.2) is 23.1 Å². The summed E-state index contributed by atoms with van der Waals surface area (Å²) in [4.78, 5) is -0.277. The lowest BCUT2D eigenvalue weighted by Crippen LogP contribution is -2.25. The Balaban J connectivity index is 2.86. The summed E-state index contributed by atoms with van der Waals surface area (Å²) in [6.45, 7) is 0.243. The largest absolute Gasteiger partial charge is 0.240 e. The van der Waals surface area contributed by atoms with Gasteiger partial charge in [0.25, 0.3) is 0 Å². The Labute approximate surface area is 101 Å². The maximum Gasteiger partial charge on any atom is 0.240 e. The van der Waals surface area contributed by atoms with Crippen molar-refractivity contribution in [3.8, 4) is 0 Å². The number of halogens is 3. The molecule has 0 spiro atoms. The molecule has 7 heteroatoms. The van der Waals surface area contributed by atoms with Crippen LogP contribution in [0.4, 0.5) is 8.78 Å². The lowest BCUT2D eigenvalue weighted by Gasteiger charge is -2.05. The number of hydrogen-bond acceptors (Lipinski definition) is 2. The van der Waals surface area contributed by atoms with Crippen molar-refractivity contribution in [3.63, 3.8) is 0 Å². The third kappa shape index (κ3) is 3.50. The highest BCUT2D eigenvalue weighted by molar-refractivity contribution is 9.09. The Morgan fingerprint density at radius 3 is 2.50 bits per heavy atom. The molecule has 0 radical (unpaired) electrons. The quantitative estimate of drug-likeness (QED) is 0.668. The van der Waals surface area contributed by atoms with Crippen LogP contribution in [0.25, 0.3) is 0 Å². The number of rotatable bonds is 5. The highest BCUT2D eigenvalue weighted by atomic mass is 79.9. The molecule has 0 amide bonds. The molecule has 1 rings (SSSR count). The summed E-state index contributed by atoms with van der Waals surface area (Å²) < 4.78 is 50.8. The molecule has 1 N–H and O–H groups in total. The van der Waals surface area contributed by atoms with Gasteiger partial charge in [0.15, 0.2) is 11.6 Å². The topological polar surface area (TPSA) is 46.2 Å². The molecule has 0 saturated carbocycles. The van der Waals surface area contributed by atoms with E-state index in [-0.39, 0.29) is 11.4 Å². The lowest BCUT2D eigenvalue weighted by atomic mass is 10.3. The number of alkyl halides is 1. The zero-order valence-electron chi connectivity index (χ0n) is 8.21. The summed E-state index contributed by atoms with van der Waals surface area (Å²) in [6, 6.07) is 2.47. The molecule has 0 aliphatic heterocycles. The fourth-order valence-corrected chi connectivity index (χ4v) is 2.37. The van der Waals surface area contributed by atoms with E-state index in [9.17, 15) is 17.2 Å². The number of sulfonamides is 1. The van der Waals surface area contributed by atoms with Crippen molar-refractivity contribution >= 4 is 26.0 Å². The van der Waals surface area contributed by atoms with Gasteiger partial charge in [0.05, 0.1) is 4.90 Å². The summed E-state index contributed by atoms with van der Waals surface area (Å²) in [5, 5.41) is 0.660. The average Bonchev–Trinajstić information content (AvgIpc) is 2.22. The van der Waals surface area contributed by atoms with Gasteiger partial charge < -0.3 is 0 Å². The molecule has 3 nitrogen and oxygen atoms in total. The van der Waals surface area contributed by atoms with Gasteiger partial charge in [-0.25, -0.2) is 21.9 Å². The molecule has 0 heterocycles. The van der Waals surface area contributed by atoms with Gasteiger partial charge in [-0.1, -0.05) is 15.9 Å². The highest BCUT2D eigenvalue weighted by Crippen LogP contribution is 2.13. The van der Waals surface area contributed by atoms with Gasteiger partial charge in [0, 0.05) is 11.9 Å². The van der Waals surface area contributed by atoms with Gasteiger partial charge in [-0.2, -0.15) is 0 Å². The van der Waals surface area contributed by atoms with E-state index in [1.807, 2.05) is 0 Å². The molecule has 1 aromatic carbocycles. The zero-order valence-corrected chi connectivity index (χ0v) is 10.6. The molecular weight excluding hydrogens is 304 g/mol. The fraction of sp³-hybridized carbons (Fsp3) is 0.333. The van der Waals surface area contributed by atoms with Crippen LogP contribution in [0.2, 0.25) is 0 Å². The molecule has 90 valence electrons. The van der Waals surface area contributed by atoms with Crippen molar-refractivity contribution in [3.05, 3.63) is 29.8 Å². The molecule has 0 atom stereocenters. The first-order chi connectivity index (χ1) is 7.47. The van der Waals surface area contributed by atoms with Crippen molar-refractivity contribution in [2.45, 2.75) is 11.3 Å². The third-order valence-electron chi connectivity index (χ3n) is 1.80. The fourth-order valence-electron chi connectivity index (χ4n) is 1.00. The summed E-state index contributed by atoms with van der Waals surface area (Å²) in [7, 11) is -3.75. The van der Waals surface area contributed by atoms with Crippen LogP contribution in [-0.2, 0) is 10.0 Å². The monoisotopic (exact) mass is 313 g/mol. The van der Waals surface area contributed by atoms with Crippen molar-refractivity contribution in [1.82, 2.24) is 4.72 Å². The van der Waals surface area contributed by atoms with Crippen LogP contribution in [-0.4, -0.2) is 20.3 Å². The van der Waals surface area contributed by atoms with Gasteiger partial charge in [-0.15, -0.1) is 0 Å². The first-order valence-corrected chi connectivity index (χ1v) is 7.08. The van der Waals surface area contributed by atoms with Crippen molar-refractivity contribution in [2.24, 2.45) is 0 Å². The van der Waals surface area contributed by atoms with Crippen LogP contribution in [0.1, 0.15) is 6.42 Å². The highest BCUT2D eigenvalue weighted by Gasteiger charge is 2.15. The van der Waals surface area contributed by atoms with Gasteiger partial charge in [-0.05, 0) is 24.6 Å². The Hall–Kier alpha value is -0.530. The molecule has 16 heavy (non-hydrogen) atoms. The van der Waals surface area contributed by atoms with Gasteiger partial charge >= 0.3 is 0 Å². The maximum atomic E-state index is 12.8. The minimum Gasteiger partial charge on any atom is -0.211 e. The van der Waals surface area contributed by atoms with Crippen molar-refractivity contribution in [1.29, 1.82) is 0 Å². The maximum absolute atomic E-state index is 12.8. The number of hydrogen-bond donors (Lipinski definition) is 1. The van der Waals surface area contributed by atoms with E-state index in [1.165, 1.54) is 0 Å². The van der Waals surface area contributed by atoms with Crippen LogP contribution < -0.4 is 4.72 Å². The molecule has 0 bridgehead atoms. The predicted octanol–water partition coefficient (Wildman–Crippen LogP) is 2.03. The normalized spacial score (nSPS) is 11.7. The van der Waals surface area contributed by atoms with Gasteiger partial charge in [-0.3, -0.25) is 0 Å². The van der Waals surface area contributed by atoms with E-state index < -0.39 is 21.7 Å². The van der Waals surface area contributed by atoms with E-state index >= 15 is 0 Å². The van der Waals surface area contributed by atoms with E-state index in [4.69, 9.17) is 0 Å². The van der Waals surface area contributed by atoms with Gasteiger partial charge in [0.1, 0.15) is 0 Å². The Bertz CT molecular complexity index is 465. The molecule has 0 saturated heterocycles. The van der Waals surface area contributed by atoms with Crippen molar-refractivity contribution < 1.29 is 17.2 Å². The number of nitrogens with one attached hydrogen (secondary N) is 1. The Kier molecular flexibility index (Phi) is 4.82. The third-order valence-corrected chi connectivity index (χ3v) is 3.82. The van der Waals surface area contributed by atoms with Gasteiger partial charge in [0.2, 0.25) is 10.0 Å². The Morgan fingerprint density at radius 1 is 1.25 bits per heavy atom. The molecule has 1 aromatic rings. The van der Waals surface area contributed by atoms with E-state index in [1.54, 1.807) is 0 Å². The molecule has 0 aromatic heterocycles. The first kappa shape index (κ1) is 13.5. The molecule has 0 aliphatic carbocycles. The minimum atomic E-state index is -3.75. The van der Waals surface area contributed by atoms with Crippen molar-refractivity contribution in [2.75, 3.05) is 11.9 Å². The molecular formula is C9H10BrF2NO2S. The summed E-state index contributed by atoms with van der Waals surface area (Å²) in [5.74, 6) is -2.25. The molecule has 0 aliphatic rings. The van der Waals surface area contributed by atoms with Crippen LogP contribution in [0.5, 0.6) is 0 Å². The van der Waals surface area contributed by atoms with Crippen LogP contribution >= 0.6 is 15.9 Å². The van der Waals surface area contributed by atoms with E-state index in [0.717, 1.165) is 12.1 Å². The smallest absolute Gasteiger partial charge is 0.211 e. The molecule has 0 unspecified atom stereocenters. The first-order valence-electron chi connectivity index (χ1n) is 4.48.